The third-order valence-corrected chi connectivity index (χ3v) is 3.81. The summed E-state index contributed by atoms with van der Waals surface area (Å²) >= 11 is 6.09. The Balaban J connectivity index is 1.89. The van der Waals surface area contributed by atoms with E-state index in [2.05, 4.69) is 5.32 Å². The van der Waals surface area contributed by atoms with Crippen LogP contribution in [0.1, 0.15) is 5.76 Å². The number of carbonyl (C=O) groups is 1. The minimum absolute atomic E-state index is 0.233. The number of furan rings is 1. The van der Waals surface area contributed by atoms with Gasteiger partial charge in [0.05, 0.1) is 4.91 Å². The van der Waals surface area contributed by atoms with Gasteiger partial charge in [0.15, 0.2) is 0 Å². The molecule has 3 rings (SSSR count). The molecule has 0 unspecified atom stereocenters. The first kappa shape index (κ1) is 13.1. The number of amides is 1. The molecule has 0 radical (unpaired) electrons. The van der Waals surface area contributed by atoms with Gasteiger partial charge in [0.2, 0.25) is 0 Å². The Morgan fingerprint density at radius 2 is 2.15 bits per heavy atom. The third-order valence-electron chi connectivity index (χ3n) is 2.65. The predicted octanol–water partition coefficient (Wildman–Crippen LogP) is 3.57. The van der Waals surface area contributed by atoms with Crippen molar-refractivity contribution < 1.29 is 13.6 Å². The summed E-state index contributed by atoms with van der Waals surface area (Å²) in [5.41, 5.74) is 0.647. The zero-order chi connectivity index (χ0) is 14.1. The lowest BCUT2D eigenvalue weighted by molar-refractivity contribution is -0.115. The second-order valence-corrected chi connectivity index (χ2v) is 5.78. The molecule has 1 N–H and O–H groups in total. The van der Waals surface area contributed by atoms with Gasteiger partial charge in [0.1, 0.15) is 21.7 Å². The number of carbonyl (C=O) groups excluding carboxylic acids is 1. The molecule has 1 aromatic carbocycles. The van der Waals surface area contributed by atoms with Crippen molar-refractivity contribution in [3.05, 3.63) is 52.9 Å². The van der Waals surface area contributed by atoms with E-state index in [9.17, 15) is 9.18 Å². The van der Waals surface area contributed by atoms with Gasteiger partial charge in [-0.2, -0.15) is 0 Å². The first-order chi connectivity index (χ1) is 9.61. The first-order valence-corrected chi connectivity index (χ1v) is 6.95. The first-order valence-electron chi connectivity index (χ1n) is 5.72. The molecule has 6 heteroatoms. The summed E-state index contributed by atoms with van der Waals surface area (Å²) in [7, 11) is 0. The Kier molecular flexibility index (Phi) is 3.42. The Labute approximate surface area is 123 Å². The summed E-state index contributed by atoms with van der Waals surface area (Å²) in [5.74, 6) is 0.507. The molecule has 1 aliphatic heterocycles. The minimum Gasteiger partial charge on any atom is -0.457 e. The van der Waals surface area contributed by atoms with Gasteiger partial charge < -0.3 is 9.73 Å². The van der Waals surface area contributed by atoms with E-state index >= 15 is 0 Å². The number of hydrogen-bond acceptors (Lipinski definition) is 4. The fraction of sp³-hybridized carbons (Fsp3) is 0. The van der Waals surface area contributed by atoms with Crippen molar-refractivity contribution in [2.75, 3.05) is 0 Å². The van der Waals surface area contributed by atoms with Gasteiger partial charge in [-0.3, -0.25) is 4.79 Å². The number of halogens is 1. The molecule has 0 saturated carbocycles. The highest BCUT2D eigenvalue weighted by molar-refractivity contribution is 8.26. The maximum Gasteiger partial charge on any atom is 0.263 e. The van der Waals surface area contributed by atoms with Crippen molar-refractivity contribution >= 4 is 40.3 Å². The SMILES string of the molecule is O=C1NC(=S)S/C1=C/c1ccc(-c2cccc(F)c2)o1. The molecule has 20 heavy (non-hydrogen) atoms. The number of rotatable bonds is 2. The Bertz CT molecular complexity index is 736. The molecule has 3 nitrogen and oxygen atoms in total. The molecule has 0 spiro atoms. The van der Waals surface area contributed by atoms with Crippen LogP contribution in [0.25, 0.3) is 17.4 Å². The van der Waals surface area contributed by atoms with Crippen molar-refractivity contribution in [1.82, 2.24) is 5.32 Å². The summed E-state index contributed by atoms with van der Waals surface area (Å²) < 4.78 is 19.2. The van der Waals surface area contributed by atoms with Crippen molar-refractivity contribution in [1.29, 1.82) is 0 Å². The maximum atomic E-state index is 13.2. The molecule has 1 fully saturated rings. The highest BCUT2D eigenvalue weighted by Crippen LogP contribution is 2.28. The van der Waals surface area contributed by atoms with Gasteiger partial charge in [-0.15, -0.1) is 0 Å². The van der Waals surface area contributed by atoms with Gasteiger partial charge in [0.25, 0.3) is 5.91 Å². The van der Waals surface area contributed by atoms with Crippen LogP contribution < -0.4 is 5.32 Å². The van der Waals surface area contributed by atoms with Gasteiger partial charge in [-0.25, -0.2) is 4.39 Å². The van der Waals surface area contributed by atoms with Crippen molar-refractivity contribution in [3.63, 3.8) is 0 Å². The molecular weight excluding hydrogens is 297 g/mol. The summed E-state index contributed by atoms with van der Waals surface area (Å²) in [6.45, 7) is 0. The third kappa shape index (κ3) is 2.66. The number of thiocarbonyl (C=S) groups is 1. The van der Waals surface area contributed by atoms with E-state index in [-0.39, 0.29) is 11.7 Å². The summed E-state index contributed by atoms with van der Waals surface area (Å²) in [6, 6.07) is 9.59. The summed E-state index contributed by atoms with van der Waals surface area (Å²) in [5, 5.41) is 2.53. The minimum atomic E-state index is -0.324. The zero-order valence-electron chi connectivity index (χ0n) is 10.1. The van der Waals surface area contributed by atoms with Crippen LogP contribution in [-0.2, 0) is 4.79 Å². The smallest absolute Gasteiger partial charge is 0.263 e. The molecule has 2 aromatic rings. The van der Waals surface area contributed by atoms with E-state index in [0.29, 0.717) is 26.3 Å². The van der Waals surface area contributed by atoms with Gasteiger partial charge in [-0.05, 0) is 24.3 Å². The lowest BCUT2D eigenvalue weighted by atomic mass is 10.2. The zero-order valence-corrected chi connectivity index (χ0v) is 11.7. The molecular formula is C14H8FNO2S2. The number of hydrogen-bond donors (Lipinski definition) is 1. The predicted molar refractivity (Wildman–Crippen MR) is 80.4 cm³/mol. The standard InChI is InChI=1S/C14H8FNO2S2/c15-9-3-1-2-8(6-9)11-5-4-10(18-11)7-12-13(17)16-14(19)20-12/h1-7H,(H,16,17,19)/b12-7+. The topological polar surface area (TPSA) is 42.2 Å². The fourth-order valence-corrected chi connectivity index (χ4v) is 2.80. The van der Waals surface area contributed by atoms with E-state index in [1.54, 1.807) is 30.3 Å². The molecule has 100 valence electrons. The lowest BCUT2D eigenvalue weighted by Crippen LogP contribution is -2.17. The molecule has 0 bridgehead atoms. The molecule has 1 aromatic heterocycles. The van der Waals surface area contributed by atoms with E-state index in [4.69, 9.17) is 16.6 Å². The van der Waals surface area contributed by atoms with Gasteiger partial charge >= 0.3 is 0 Å². The van der Waals surface area contributed by atoms with Gasteiger partial charge in [0, 0.05) is 11.6 Å². The van der Waals surface area contributed by atoms with Gasteiger partial charge in [-0.1, -0.05) is 36.1 Å². The van der Waals surface area contributed by atoms with Crippen LogP contribution in [0, 0.1) is 5.82 Å². The van der Waals surface area contributed by atoms with Crippen molar-refractivity contribution in [3.8, 4) is 11.3 Å². The van der Waals surface area contributed by atoms with E-state index < -0.39 is 0 Å². The number of benzene rings is 1. The highest BCUT2D eigenvalue weighted by Gasteiger charge is 2.22. The maximum absolute atomic E-state index is 13.2. The normalized spacial score (nSPS) is 16.8. The average Bonchev–Trinajstić information content (AvgIpc) is 2.97. The molecule has 2 heterocycles. The van der Waals surface area contributed by atoms with Crippen LogP contribution in [0.5, 0.6) is 0 Å². The average molecular weight is 305 g/mol. The Morgan fingerprint density at radius 1 is 1.30 bits per heavy atom. The molecule has 1 saturated heterocycles. The molecule has 0 atom stereocenters. The summed E-state index contributed by atoms with van der Waals surface area (Å²) in [6.07, 6.45) is 1.61. The fourth-order valence-electron chi connectivity index (χ4n) is 1.78. The van der Waals surface area contributed by atoms with Crippen molar-refractivity contribution in [2.24, 2.45) is 0 Å². The van der Waals surface area contributed by atoms with Crippen LogP contribution in [0.2, 0.25) is 0 Å². The van der Waals surface area contributed by atoms with Crippen LogP contribution in [-0.4, -0.2) is 10.2 Å². The monoisotopic (exact) mass is 305 g/mol. The van der Waals surface area contributed by atoms with Crippen molar-refractivity contribution in [2.45, 2.75) is 0 Å². The largest absolute Gasteiger partial charge is 0.457 e. The summed E-state index contributed by atoms with van der Waals surface area (Å²) in [4.78, 5) is 12.0. The van der Waals surface area contributed by atoms with Crippen LogP contribution in [0.3, 0.4) is 0 Å². The molecule has 1 aliphatic rings. The Hall–Kier alpha value is -1.92. The van der Waals surface area contributed by atoms with Crippen LogP contribution in [0.4, 0.5) is 4.39 Å². The quantitative estimate of drug-likeness (QED) is 0.680. The van der Waals surface area contributed by atoms with E-state index in [1.807, 2.05) is 0 Å². The number of thioether (sulfide) groups is 1. The second-order valence-electron chi connectivity index (χ2n) is 4.06. The van der Waals surface area contributed by atoms with Crippen LogP contribution in [0.15, 0.2) is 45.7 Å². The molecule has 1 amide bonds. The van der Waals surface area contributed by atoms with Crippen LogP contribution >= 0.6 is 24.0 Å². The van der Waals surface area contributed by atoms with E-state index in [1.165, 1.54) is 23.9 Å². The lowest BCUT2D eigenvalue weighted by Gasteiger charge is -1.96. The molecule has 0 aliphatic carbocycles. The number of nitrogens with one attached hydrogen (secondary N) is 1. The Morgan fingerprint density at radius 3 is 2.85 bits per heavy atom. The highest BCUT2D eigenvalue weighted by atomic mass is 32.2. The van der Waals surface area contributed by atoms with E-state index in [0.717, 1.165) is 0 Å². The second kappa shape index (κ2) is 5.22.